The predicted octanol–water partition coefficient (Wildman–Crippen LogP) is 16.8. The highest BCUT2D eigenvalue weighted by atomic mass is 16.5. The Labute approximate surface area is 426 Å². The molecule has 11 aromatic rings. The average Bonchev–Trinajstić information content (AvgIpc) is 3.98. The number of fused-ring (bicyclic) bond motifs is 10. The van der Waals surface area contributed by atoms with E-state index in [-0.39, 0.29) is 10.8 Å². The molecule has 14 rings (SSSR count). The number of furan rings is 2. The van der Waals surface area contributed by atoms with E-state index in [9.17, 15) is 0 Å². The van der Waals surface area contributed by atoms with Gasteiger partial charge in [0.15, 0.2) is 11.5 Å². The van der Waals surface area contributed by atoms with Gasteiger partial charge in [-0.2, -0.15) is 0 Å². The Bertz CT molecular complexity index is 3720. The standard InChI is InChI=1S/C66H52BN3O3/c1-65(2,3)45-27-31-47(32-28-45)69-54-39-49(68-52-21-13-15-23-56(52)71-57-24-16-14-22-53(57)68)40-55-60(54)67(63-61(69)50-35-25-43(37-58(50)72-63)41-17-9-7-10-18-41)64-62(70(55)48-33-29-46(30-34-48)66(4,5)6)51-36-26-44(38-59(51)73-64)42-19-11-8-12-20-42/h7-40H,1-6H3. The fraction of sp³-hybridized carbons (Fsp3) is 0.121. The van der Waals surface area contributed by atoms with Crippen LogP contribution >= 0.6 is 0 Å². The van der Waals surface area contributed by atoms with Crippen LogP contribution in [0.4, 0.5) is 51.2 Å². The van der Waals surface area contributed by atoms with Crippen molar-refractivity contribution < 1.29 is 13.6 Å². The molecule has 0 amide bonds. The maximum Gasteiger partial charge on any atom is 0.342 e. The van der Waals surface area contributed by atoms with Gasteiger partial charge < -0.3 is 28.3 Å². The van der Waals surface area contributed by atoms with Crippen LogP contribution in [0.25, 0.3) is 44.2 Å². The van der Waals surface area contributed by atoms with Gasteiger partial charge in [0, 0.05) is 33.5 Å². The molecule has 0 unspecified atom stereocenters. The molecule has 2 aromatic heterocycles. The van der Waals surface area contributed by atoms with Gasteiger partial charge in [0.2, 0.25) is 0 Å². The Morgan fingerprint density at radius 1 is 0.356 bits per heavy atom. The summed E-state index contributed by atoms with van der Waals surface area (Å²) in [5.74, 6) is 1.59. The number of ether oxygens (including phenoxy) is 1. The van der Waals surface area contributed by atoms with Crippen LogP contribution in [-0.4, -0.2) is 6.71 Å². The molecule has 0 N–H and O–H groups in total. The summed E-state index contributed by atoms with van der Waals surface area (Å²) in [6, 6.07) is 74.2. The minimum atomic E-state index is -0.413. The van der Waals surface area contributed by atoms with Crippen molar-refractivity contribution in [2.24, 2.45) is 0 Å². The zero-order valence-electron chi connectivity index (χ0n) is 41.8. The minimum absolute atomic E-state index is 0.0375. The van der Waals surface area contributed by atoms with Gasteiger partial charge in [0.05, 0.1) is 28.4 Å². The van der Waals surface area contributed by atoms with E-state index in [1.807, 2.05) is 12.1 Å². The SMILES string of the molecule is CC(C)(C)c1ccc(N2c3cc(N4c5ccccc5Oc5ccccc54)cc4c3B(c3oc5cc(-c6ccccc6)ccc5c32)c2oc3cc(-c5ccccc5)ccc3c2N4c2ccc(C(C)(C)C)cc2)cc1. The van der Waals surface area contributed by atoms with Crippen LogP contribution in [0.15, 0.2) is 215 Å². The van der Waals surface area contributed by atoms with Crippen LogP contribution in [0.1, 0.15) is 52.7 Å². The van der Waals surface area contributed by atoms with Gasteiger partial charge in [0.25, 0.3) is 0 Å². The summed E-state index contributed by atoms with van der Waals surface area (Å²) in [5, 5.41) is 2.05. The van der Waals surface area contributed by atoms with Crippen molar-refractivity contribution in [2.75, 3.05) is 14.7 Å². The summed E-state index contributed by atoms with van der Waals surface area (Å²) in [6.07, 6.45) is 0. The third-order valence-electron chi connectivity index (χ3n) is 15.1. The molecule has 0 spiro atoms. The Kier molecular flexibility index (Phi) is 9.40. The smallest absolute Gasteiger partial charge is 0.342 e. The first-order chi connectivity index (χ1) is 35.5. The Morgan fingerprint density at radius 3 is 1.19 bits per heavy atom. The molecule has 0 saturated carbocycles. The van der Waals surface area contributed by atoms with Gasteiger partial charge in [0.1, 0.15) is 22.5 Å². The van der Waals surface area contributed by atoms with Crippen molar-refractivity contribution in [1.29, 1.82) is 0 Å². The second-order valence-corrected chi connectivity index (χ2v) is 21.8. The van der Waals surface area contributed by atoms with Crippen LogP contribution in [0, 0.1) is 0 Å². The van der Waals surface area contributed by atoms with E-state index in [2.05, 4.69) is 250 Å². The molecule has 0 atom stereocenters. The average molecular weight is 946 g/mol. The van der Waals surface area contributed by atoms with E-state index in [0.29, 0.717) is 0 Å². The second kappa shape index (κ2) is 15.9. The Balaban J connectivity index is 1.11. The first kappa shape index (κ1) is 43.1. The molecule has 73 heavy (non-hydrogen) atoms. The van der Waals surface area contributed by atoms with E-state index >= 15 is 0 Å². The molecule has 0 aliphatic carbocycles. The third-order valence-corrected chi connectivity index (χ3v) is 15.1. The fourth-order valence-electron chi connectivity index (χ4n) is 11.4. The topological polar surface area (TPSA) is 45.2 Å². The fourth-order valence-corrected chi connectivity index (χ4v) is 11.4. The van der Waals surface area contributed by atoms with E-state index < -0.39 is 6.71 Å². The Hall–Kier alpha value is -8.68. The zero-order chi connectivity index (χ0) is 49.3. The monoisotopic (exact) mass is 945 g/mol. The van der Waals surface area contributed by atoms with Crippen LogP contribution < -0.4 is 36.2 Å². The minimum Gasteiger partial charge on any atom is -0.468 e. The summed E-state index contributed by atoms with van der Waals surface area (Å²) >= 11 is 0. The first-order valence-electron chi connectivity index (χ1n) is 25.4. The highest BCUT2D eigenvalue weighted by molar-refractivity contribution is 6.99. The zero-order valence-corrected chi connectivity index (χ0v) is 41.8. The summed E-state index contributed by atoms with van der Waals surface area (Å²) in [6.45, 7) is 13.2. The molecule has 0 fully saturated rings. The van der Waals surface area contributed by atoms with Crippen LogP contribution in [0.2, 0.25) is 0 Å². The molecule has 6 nitrogen and oxygen atoms in total. The maximum atomic E-state index is 7.46. The molecular formula is C66H52BN3O3. The molecule has 352 valence electrons. The molecule has 0 bridgehead atoms. The molecule has 0 saturated heterocycles. The van der Waals surface area contributed by atoms with E-state index in [1.165, 1.54) is 11.1 Å². The lowest BCUT2D eigenvalue weighted by Gasteiger charge is -2.42. The van der Waals surface area contributed by atoms with Crippen molar-refractivity contribution in [3.8, 4) is 33.8 Å². The summed E-state index contributed by atoms with van der Waals surface area (Å²) < 4.78 is 21.6. The van der Waals surface area contributed by atoms with Crippen LogP contribution in [0.3, 0.4) is 0 Å². The lowest BCUT2D eigenvalue weighted by Crippen LogP contribution is -2.60. The molecule has 3 aliphatic heterocycles. The molecule has 5 heterocycles. The highest BCUT2D eigenvalue weighted by Gasteiger charge is 2.50. The van der Waals surface area contributed by atoms with E-state index in [1.54, 1.807) is 0 Å². The van der Waals surface area contributed by atoms with Gasteiger partial charge in [-0.25, -0.2) is 0 Å². The van der Waals surface area contributed by atoms with E-state index in [0.717, 1.165) is 124 Å². The number of anilines is 9. The largest absolute Gasteiger partial charge is 0.468 e. The van der Waals surface area contributed by atoms with Crippen molar-refractivity contribution in [3.05, 3.63) is 217 Å². The number of nitrogens with zero attached hydrogens (tertiary/aromatic N) is 3. The normalized spacial score (nSPS) is 13.6. The van der Waals surface area contributed by atoms with Gasteiger partial charge in [-0.15, -0.1) is 0 Å². The molecule has 7 heteroatoms. The van der Waals surface area contributed by atoms with Gasteiger partial charge >= 0.3 is 6.71 Å². The van der Waals surface area contributed by atoms with Gasteiger partial charge in [-0.3, -0.25) is 0 Å². The van der Waals surface area contributed by atoms with Crippen molar-refractivity contribution >= 4 is 96.6 Å². The number of para-hydroxylation sites is 4. The number of rotatable bonds is 5. The third kappa shape index (κ3) is 6.79. The number of hydrogen-bond acceptors (Lipinski definition) is 6. The van der Waals surface area contributed by atoms with Gasteiger partial charge in [-0.05, 0) is 135 Å². The highest BCUT2D eigenvalue weighted by Crippen LogP contribution is 2.55. The molecular weight excluding hydrogens is 894 g/mol. The number of hydrogen-bond donors (Lipinski definition) is 0. The summed E-state index contributed by atoms with van der Waals surface area (Å²) in [7, 11) is 0. The summed E-state index contributed by atoms with van der Waals surface area (Å²) in [5.41, 5.74) is 20.4. The second-order valence-electron chi connectivity index (χ2n) is 21.8. The summed E-state index contributed by atoms with van der Waals surface area (Å²) in [4.78, 5) is 7.27. The first-order valence-corrected chi connectivity index (χ1v) is 25.4. The molecule has 0 radical (unpaired) electrons. The molecule has 9 aromatic carbocycles. The van der Waals surface area contributed by atoms with Crippen LogP contribution in [0.5, 0.6) is 11.5 Å². The van der Waals surface area contributed by atoms with Crippen LogP contribution in [-0.2, 0) is 10.8 Å². The van der Waals surface area contributed by atoms with Crippen molar-refractivity contribution in [3.63, 3.8) is 0 Å². The van der Waals surface area contributed by atoms with Gasteiger partial charge in [-0.1, -0.05) is 163 Å². The number of benzene rings is 9. The maximum absolute atomic E-state index is 7.46. The lowest BCUT2D eigenvalue weighted by molar-refractivity contribution is 0.477. The quantitative estimate of drug-likeness (QED) is 0.160. The Morgan fingerprint density at radius 2 is 0.767 bits per heavy atom. The molecule has 3 aliphatic rings. The van der Waals surface area contributed by atoms with Crippen molar-refractivity contribution in [2.45, 2.75) is 52.4 Å². The lowest BCUT2D eigenvalue weighted by atomic mass is 9.37. The predicted molar refractivity (Wildman–Crippen MR) is 303 cm³/mol. The van der Waals surface area contributed by atoms with Crippen molar-refractivity contribution in [1.82, 2.24) is 0 Å². The van der Waals surface area contributed by atoms with E-state index in [4.69, 9.17) is 13.6 Å².